The molecule has 0 amide bonds. The molecule has 5 nitrogen and oxygen atoms in total. The summed E-state index contributed by atoms with van der Waals surface area (Å²) in [5.41, 5.74) is 3.80. The highest BCUT2D eigenvalue weighted by Crippen LogP contribution is 2.36. The number of hydrogen-bond acceptors (Lipinski definition) is 4. The normalized spacial score (nSPS) is 13.0. The van der Waals surface area contributed by atoms with Gasteiger partial charge in [0.25, 0.3) is 5.69 Å². The highest BCUT2D eigenvalue weighted by molar-refractivity contribution is 5.93. The lowest BCUT2D eigenvalue weighted by molar-refractivity contribution is -0.385. The molecule has 0 atom stereocenters. The van der Waals surface area contributed by atoms with E-state index in [0.717, 1.165) is 29.5 Å². The fourth-order valence-corrected chi connectivity index (χ4v) is 2.89. The average Bonchev–Trinajstić information content (AvgIpc) is 2.60. The fraction of sp³-hybridized carbons (Fsp3) is 0.167. The lowest BCUT2D eigenvalue weighted by atomic mass is 9.85. The summed E-state index contributed by atoms with van der Waals surface area (Å²) in [4.78, 5) is 22.7. The first-order valence-corrected chi connectivity index (χ1v) is 7.27. The van der Waals surface area contributed by atoms with Crippen molar-refractivity contribution in [2.75, 3.05) is 7.11 Å². The summed E-state index contributed by atoms with van der Waals surface area (Å²) in [6.45, 7) is 0. The van der Waals surface area contributed by atoms with Crippen molar-refractivity contribution < 1.29 is 14.5 Å². The lowest BCUT2D eigenvalue weighted by Crippen LogP contribution is -2.07. The van der Waals surface area contributed by atoms with Crippen LogP contribution in [0.5, 0.6) is 0 Å². The molecule has 1 aliphatic rings. The summed E-state index contributed by atoms with van der Waals surface area (Å²) in [5, 5.41) is 11.3. The molecular weight excluding hydrogens is 294 g/mol. The number of nitro groups is 1. The van der Waals surface area contributed by atoms with Crippen molar-refractivity contribution in [3.05, 3.63) is 80.9 Å². The first-order chi connectivity index (χ1) is 11.1. The van der Waals surface area contributed by atoms with Crippen molar-refractivity contribution >= 4 is 17.2 Å². The van der Waals surface area contributed by atoms with Crippen LogP contribution in [0.4, 0.5) is 5.69 Å². The van der Waals surface area contributed by atoms with E-state index < -0.39 is 5.97 Å². The molecule has 5 heteroatoms. The number of allylic oxidation sites excluding steroid dienone is 1. The number of nitro benzene ring substituents is 1. The second-order valence-electron chi connectivity index (χ2n) is 5.29. The van der Waals surface area contributed by atoms with Crippen LogP contribution in [0.3, 0.4) is 0 Å². The molecule has 0 heterocycles. The Balaban J connectivity index is 2.16. The number of carbonyl (C=O) groups is 1. The Hall–Kier alpha value is -2.95. The quantitative estimate of drug-likeness (QED) is 0.492. The predicted molar refractivity (Wildman–Crippen MR) is 86.3 cm³/mol. The summed E-state index contributed by atoms with van der Waals surface area (Å²) in [6.07, 6.45) is 3.65. The summed E-state index contributed by atoms with van der Waals surface area (Å²) < 4.78 is 4.76. The van der Waals surface area contributed by atoms with Gasteiger partial charge in [0, 0.05) is 6.07 Å². The van der Waals surface area contributed by atoms with E-state index in [4.69, 9.17) is 4.74 Å². The third-order valence-electron chi connectivity index (χ3n) is 3.97. The third-order valence-corrected chi connectivity index (χ3v) is 3.97. The van der Waals surface area contributed by atoms with Crippen LogP contribution in [-0.4, -0.2) is 18.0 Å². The number of nitrogens with zero attached hydrogens (tertiary/aromatic N) is 1. The first kappa shape index (κ1) is 15.0. The number of para-hydroxylation sites is 1. The molecule has 0 aliphatic heterocycles. The first-order valence-electron chi connectivity index (χ1n) is 7.27. The van der Waals surface area contributed by atoms with Crippen molar-refractivity contribution in [3.8, 4) is 0 Å². The third kappa shape index (κ3) is 2.73. The van der Waals surface area contributed by atoms with Crippen LogP contribution in [0.2, 0.25) is 0 Å². The second-order valence-corrected chi connectivity index (χ2v) is 5.29. The molecule has 2 aromatic rings. The SMILES string of the molecule is COC(=O)c1ccc2c(c1)C(c1ccccc1[N+](=O)[O-])=CCC2. The smallest absolute Gasteiger partial charge is 0.337 e. The van der Waals surface area contributed by atoms with Gasteiger partial charge in [-0.15, -0.1) is 0 Å². The molecule has 0 radical (unpaired) electrons. The van der Waals surface area contributed by atoms with Crippen LogP contribution in [0.25, 0.3) is 5.57 Å². The van der Waals surface area contributed by atoms with Gasteiger partial charge in [0.05, 0.1) is 23.2 Å². The number of methoxy groups -OCH3 is 1. The number of fused-ring (bicyclic) bond motifs is 1. The number of benzene rings is 2. The van der Waals surface area contributed by atoms with Crippen molar-refractivity contribution in [3.63, 3.8) is 0 Å². The summed E-state index contributed by atoms with van der Waals surface area (Å²) in [7, 11) is 1.33. The van der Waals surface area contributed by atoms with Crippen LogP contribution < -0.4 is 0 Å². The predicted octanol–water partition coefficient (Wildman–Crippen LogP) is 3.76. The van der Waals surface area contributed by atoms with E-state index in [1.807, 2.05) is 12.1 Å². The number of ether oxygens (including phenoxy) is 1. The molecule has 0 saturated carbocycles. The minimum Gasteiger partial charge on any atom is -0.465 e. The minimum atomic E-state index is -0.416. The largest absolute Gasteiger partial charge is 0.465 e. The molecule has 0 unspecified atom stereocenters. The molecule has 3 rings (SSSR count). The van der Waals surface area contributed by atoms with Gasteiger partial charge in [0.1, 0.15) is 0 Å². The van der Waals surface area contributed by atoms with Gasteiger partial charge < -0.3 is 4.74 Å². The van der Waals surface area contributed by atoms with Gasteiger partial charge >= 0.3 is 5.97 Å². The monoisotopic (exact) mass is 309 g/mol. The maximum Gasteiger partial charge on any atom is 0.337 e. The number of rotatable bonds is 3. The van der Waals surface area contributed by atoms with E-state index in [-0.39, 0.29) is 10.6 Å². The molecule has 0 aromatic heterocycles. The Morgan fingerprint density at radius 1 is 1.17 bits per heavy atom. The van der Waals surface area contributed by atoms with Gasteiger partial charge in [0.15, 0.2) is 0 Å². The van der Waals surface area contributed by atoms with Gasteiger partial charge in [-0.05, 0) is 47.7 Å². The number of carbonyl (C=O) groups excluding carboxylic acids is 1. The van der Waals surface area contributed by atoms with Crippen LogP contribution in [0.1, 0.15) is 33.5 Å². The van der Waals surface area contributed by atoms with Gasteiger partial charge in [-0.1, -0.05) is 24.3 Å². The number of esters is 1. The number of hydrogen-bond donors (Lipinski definition) is 0. The van der Waals surface area contributed by atoms with E-state index in [0.29, 0.717) is 11.1 Å². The summed E-state index contributed by atoms with van der Waals surface area (Å²) in [6, 6.07) is 12.0. The molecule has 116 valence electrons. The van der Waals surface area contributed by atoms with E-state index in [1.165, 1.54) is 13.2 Å². The minimum absolute atomic E-state index is 0.0649. The Bertz CT molecular complexity index is 824. The van der Waals surface area contributed by atoms with Crippen molar-refractivity contribution in [2.45, 2.75) is 12.8 Å². The van der Waals surface area contributed by atoms with Crippen molar-refractivity contribution in [1.29, 1.82) is 0 Å². The Morgan fingerprint density at radius 2 is 1.96 bits per heavy atom. The van der Waals surface area contributed by atoms with Gasteiger partial charge in [-0.3, -0.25) is 10.1 Å². The summed E-state index contributed by atoms with van der Waals surface area (Å²) >= 11 is 0. The van der Waals surface area contributed by atoms with Crippen LogP contribution in [0, 0.1) is 10.1 Å². The Labute approximate surface area is 133 Å². The maximum absolute atomic E-state index is 11.8. The highest BCUT2D eigenvalue weighted by Gasteiger charge is 2.22. The highest BCUT2D eigenvalue weighted by atomic mass is 16.6. The number of aryl methyl sites for hydroxylation is 1. The maximum atomic E-state index is 11.8. The van der Waals surface area contributed by atoms with Crippen molar-refractivity contribution in [2.24, 2.45) is 0 Å². The average molecular weight is 309 g/mol. The van der Waals surface area contributed by atoms with E-state index in [9.17, 15) is 14.9 Å². The molecule has 1 aliphatic carbocycles. The topological polar surface area (TPSA) is 69.4 Å². The molecule has 2 aromatic carbocycles. The second kappa shape index (κ2) is 6.04. The molecule has 0 fully saturated rings. The van der Waals surface area contributed by atoms with Crippen LogP contribution >= 0.6 is 0 Å². The lowest BCUT2D eigenvalue weighted by Gasteiger charge is -2.19. The fourth-order valence-electron chi connectivity index (χ4n) is 2.89. The molecule has 0 N–H and O–H groups in total. The van der Waals surface area contributed by atoms with Crippen LogP contribution in [-0.2, 0) is 11.2 Å². The zero-order valence-electron chi connectivity index (χ0n) is 12.6. The van der Waals surface area contributed by atoms with E-state index >= 15 is 0 Å². The van der Waals surface area contributed by atoms with E-state index in [2.05, 4.69) is 0 Å². The molecule has 0 saturated heterocycles. The van der Waals surface area contributed by atoms with Crippen molar-refractivity contribution in [1.82, 2.24) is 0 Å². The molecular formula is C18H15NO4. The Morgan fingerprint density at radius 3 is 2.70 bits per heavy atom. The van der Waals surface area contributed by atoms with E-state index in [1.54, 1.807) is 30.3 Å². The summed E-state index contributed by atoms with van der Waals surface area (Å²) in [5.74, 6) is -0.416. The molecule has 0 bridgehead atoms. The van der Waals surface area contributed by atoms with Gasteiger partial charge in [0.2, 0.25) is 0 Å². The zero-order chi connectivity index (χ0) is 16.4. The van der Waals surface area contributed by atoms with Gasteiger partial charge in [-0.2, -0.15) is 0 Å². The van der Waals surface area contributed by atoms with Crippen LogP contribution in [0.15, 0.2) is 48.5 Å². The molecule has 23 heavy (non-hydrogen) atoms. The van der Waals surface area contributed by atoms with Gasteiger partial charge in [-0.25, -0.2) is 4.79 Å². The Kier molecular flexibility index (Phi) is 3.93. The zero-order valence-corrected chi connectivity index (χ0v) is 12.6. The molecule has 0 spiro atoms. The standard InChI is InChI=1S/C18H15NO4/c1-23-18(20)13-10-9-12-5-4-7-14(16(12)11-13)15-6-2-3-8-17(15)19(21)22/h2-3,6-11H,4-5H2,1H3.